The summed E-state index contributed by atoms with van der Waals surface area (Å²) in [6.45, 7) is 4.45. The molecule has 0 saturated heterocycles. The van der Waals surface area contributed by atoms with E-state index in [1.54, 1.807) is 0 Å². The van der Waals surface area contributed by atoms with Gasteiger partial charge in [0.15, 0.2) is 0 Å². The Morgan fingerprint density at radius 3 is 2.48 bits per heavy atom. The number of pyridine rings is 1. The number of benzene rings is 2. The molecule has 134 valence electrons. The van der Waals surface area contributed by atoms with Crippen LogP contribution in [0.15, 0.2) is 71.3 Å². The predicted octanol–water partition coefficient (Wildman–Crippen LogP) is 5.17. The highest BCUT2D eigenvalue weighted by molar-refractivity contribution is 5.69. The van der Waals surface area contributed by atoms with E-state index in [0.717, 1.165) is 22.4 Å². The van der Waals surface area contributed by atoms with Crippen LogP contribution in [0.5, 0.6) is 5.88 Å². The highest BCUT2D eigenvalue weighted by Gasteiger charge is 2.17. The van der Waals surface area contributed by atoms with E-state index in [9.17, 15) is 0 Å². The van der Waals surface area contributed by atoms with Crippen LogP contribution in [0.3, 0.4) is 0 Å². The molecule has 0 atom stereocenters. The van der Waals surface area contributed by atoms with Crippen LogP contribution in [-0.2, 0) is 0 Å². The Bertz CT molecular complexity index is 1060. The molecule has 0 radical (unpaired) electrons. The summed E-state index contributed by atoms with van der Waals surface area (Å²) in [6.07, 6.45) is 0. The Kier molecular flexibility index (Phi) is 4.66. The van der Waals surface area contributed by atoms with Gasteiger partial charge < -0.3 is 9.26 Å². The Labute approximate surface area is 157 Å². The molecule has 0 bridgehead atoms. The molecule has 0 amide bonds. The quantitative estimate of drug-likeness (QED) is 0.493. The van der Waals surface area contributed by atoms with Gasteiger partial charge >= 0.3 is 0 Å². The minimum Gasteiger partial charge on any atom is -0.477 e. The summed E-state index contributed by atoms with van der Waals surface area (Å²) in [5, 5.41) is 4.13. The maximum Gasteiger partial charge on any atom is 0.258 e. The maximum atomic E-state index is 5.75. The lowest BCUT2D eigenvalue weighted by molar-refractivity contribution is 0.328. The molecule has 0 aliphatic rings. The third kappa shape index (κ3) is 3.58. The molecule has 5 heteroatoms. The van der Waals surface area contributed by atoms with E-state index in [0.29, 0.717) is 29.8 Å². The summed E-state index contributed by atoms with van der Waals surface area (Å²) < 4.78 is 11.2. The van der Waals surface area contributed by atoms with Gasteiger partial charge in [-0.1, -0.05) is 53.2 Å². The Morgan fingerprint density at radius 1 is 0.889 bits per heavy atom. The van der Waals surface area contributed by atoms with Crippen molar-refractivity contribution < 1.29 is 9.26 Å². The fourth-order valence-electron chi connectivity index (χ4n) is 2.86. The van der Waals surface area contributed by atoms with E-state index >= 15 is 0 Å². The number of rotatable bonds is 5. The second kappa shape index (κ2) is 7.41. The van der Waals surface area contributed by atoms with Gasteiger partial charge in [0.05, 0.1) is 17.9 Å². The van der Waals surface area contributed by atoms with Crippen molar-refractivity contribution in [1.82, 2.24) is 15.1 Å². The third-order valence-electron chi connectivity index (χ3n) is 4.14. The normalized spacial score (nSPS) is 10.7. The van der Waals surface area contributed by atoms with Crippen LogP contribution in [0.25, 0.3) is 34.1 Å². The van der Waals surface area contributed by atoms with Crippen molar-refractivity contribution in [2.24, 2.45) is 0 Å². The molecule has 4 rings (SSSR count). The lowest BCUT2D eigenvalue weighted by Crippen LogP contribution is -1.99. The van der Waals surface area contributed by atoms with Crippen LogP contribution < -0.4 is 4.74 Å². The number of ether oxygens (including phenoxy) is 1. The zero-order chi connectivity index (χ0) is 18.6. The van der Waals surface area contributed by atoms with Gasteiger partial charge in [0.2, 0.25) is 11.7 Å². The number of aryl methyl sites for hydroxylation is 1. The largest absolute Gasteiger partial charge is 0.477 e. The highest BCUT2D eigenvalue weighted by atomic mass is 16.5. The second-order valence-electron chi connectivity index (χ2n) is 6.14. The first-order valence-corrected chi connectivity index (χ1v) is 8.85. The molecule has 4 aromatic rings. The summed E-state index contributed by atoms with van der Waals surface area (Å²) in [5.41, 5.74) is 4.60. The van der Waals surface area contributed by atoms with Crippen molar-refractivity contribution in [2.75, 3.05) is 6.61 Å². The Hall–Kier alpha value is -3.47. The monoisotopic (exact) mass is 357 g/mol. The van der Waals surface area contributed by atoms with Gasteiger partial charge in [-0.15, -0.1) is 0 Å². The first kappa shape index (κ1) is 17.0. The van der Waals surface area contributed by atoms with E-state index in [-0.39, 0.29) is 0 Å². The van der Waals surface area contributed by atoms with Crippen molar-refractivity contribution in [2.45, 2.75) is 13.8 Å². The van der Waals surface area contributed by atoms with Crippen molar-refractivity contribution in [3.05, 3.63) is 72.3 Å². The summed E-state index contributed by atoms with van der Waals surface area (Å²) in [5.74, 6) is 1.43. The lowest BCUT2D eigenvalue weighted by atomic mass is 10.1. The van der Waals surface area contributed by atoms with Crippen LogP contribution in [0, 0.1) is 6.92 Å². The van der Waals surface area contributed by atoms with Crippen LogP contribution in [0.4, 0.5) is 0 Å². The van der Waals surface area contributed by atoms with Crippen LogP contribution in [-0.4, -0.2) is 21.7 Å². The van der Waals surface area contributed by atoms with E-state index in [2.05, 4.69) is 15.1 Å². The molecule has 0 unspecified atom stereocenters. The molecular formula is C22H19N3O2. The zero-order valence-electron chi connectivity index (χ0n) is 15.2. The van der Waals surface area contributed by atoms with Gasteiger partial charge in [-0.3, -0.25) is 0 Å². The zero-order valence-corrected chi connectivity index (χ0v) is 15.2. The fraction of sp³-hybridized carbons (Fsp3) is 0.136. The minimum absolute atomic E-state index is 0.460. The lowest BCUT2D eigenvalue weighted by Gasteiger charge is -2.09. The van der Waals surface area contributed by atoms with Gasteiger partial charge in [0.25, 0.3) is 5.89 Å². The topological polar surface area (TPSA) is 61.0 Å². The molecule has 0 fully saturated rings. The first-order valence-electron chi connectivity index (χ1n) is 8.85. The molecule has 2 aromatic carbocycles. The van der Waals surface area contributed by atoms with Crippen molar-refractivity contribution in [3.8, 4) is 40.0 Å². The number of nitrogens with zero attached hydrogens (tertiary/aromatic N) is 3. The van der Waals surface area contributed by atoms with E-state index < -0.39 is 0 Å². The molecule has 0 aliphatic carbocycles. The average molecular weight is 357 g/mol. The van der Waals surface area contributed by atoms with E-state index in [1.807, 2.05) is 80.6 Å². The SMILES string of the molecule is CCOc1nc(-c2ccccc2)ccc1-c1noc(-c2cccc(C)c2)n1. The second-order valence-corrected chi connectivity index (χ2v) is 6.14. The summed E-state index contributed by atoms with van der Waals surface area (Å²) in [7, 11) is 0. The molecule has 0 aliphatic heterocycles. The van der Waals surface area contributed by atoms with E-state index in [4.69, 9.17) is 9.26 Å². The fourth-order valence-corrected chi connectivity index (χ4v) is 2.86. The van der Waals surface area contributed by atoms with Gasteiger partial charge in [0, 0.05) is 11.1 Å². The summed E-state index contributed by atoms with van der Waals surface area (Å²) >= 11 is 0. The van der Waals surface area contributed by atoms with Gasteiger partial charge in [-0.2, -0.15) is 4.98 Å². The number of hydrogen-bond acceptors (Lipinski definition) is 5. The molecule has 5 nitrogen and oxygen atoms in total. The maximum absolute atomic E-state index is 5.75. The third-order valence-corrected chi connectivity index (χ3v) is 4.14. The minimum atomic E-state index is 0.460. The van der Waals surface area contributed by atoms with Gasteiger partial charge in [-0.25, -0.2) is 4.98 Å². The molecule has 0 saturated carbocycles. The number of aromatic nitrogens is 3. The number of hydrogen-bond donors (Lipinski definition) is 0. The molecule has 0 spiro atoms. The van der Waals surface area contributed by atoms with Gasteiger partial charge in [0.1, 0.15) is 0 Å². The highest BCUT2D eigenvalue weighted by Crippen LogP contribution is 2.31. The first-order chi connectivity index (χ1) is 13.2. The average Bonchev–Trinajstić information content (AvgIpc) is 3.19. The smallest absolute Gasteiger partial charge is 0.258 e. The van der Waals surface area contributed by atoms with Crippen molar-refractivity contribution in [3.63, 3.8) is 0 Å². The standard InChI is InChI=1S/C22H19N3O2/c1-3-26-22-18(12-13-19(23-22)16-9-5-4-6-10-16)20-24-21(27-25-20)17-11-7-8-15(2)14-17/h4-14H,3H2,1-2H3. The molecule has 2 aromatic heterocycles. The predicted molar refractivity (Wildman–Crippen MR) is 104 cm³/mol. The summed E-state index contributed by atoms with van der Waals surface area (Å²) in [4.78, 5) is 9.20. The van der Waals surface area contributed by atoms with Crippen LogP contribution in [0.1, 0.15) is 12.5 Å². The van der Waals surface area contributed by atoms with Gasteiger partial charge in [-0.05, 0) is 38.1 Å². The van der Waals surface area contributed by atoms with Crippen molar-refractivity contribution >= 4 is 0 Å². The molecule has 27 heavy (non-hydrogen) atoms. The Balaban J connectivity index is 1.73. The van der Waals surface area contributed by atoms with Crippen LogP contribution in [0.2, 0.25) is 0 Å². The molecular weight excluding hydrogens is 338 g/mol. The molecule has 0 N–H and O–H groups in total. The Morgan fingerprint density at radius 2 is 1.70 bits per heavy atom. The van der Waals surface area contributed by atoms with E-state index in [1.165, 1.54) is 0 Å². The summed E-state index contributed by atoms with van der Waals surface area (Å²) in [6, 6.07) is 21.8. The van der Waals surface area contributed by atoms with Crippen LogP contribution >= 0.6 is 0 Å². The molecule has 2 heterocycles. The van der Waals surface area contributed by atoms with Crippen molar-refractivity contribution in [1.29, 1.82) is 0 Å².